The van der Waals surface area contributed by atoms with Crippen LogP contribution in [0, 0.1) is 3.57 Å². The van der Waals surface area contributed by atoms with Crippen molar-refractivity contribution < 1.29 is 0 Å². The first-order valence-electron chi connectivity index (χ1n) is 3.58. The predicted molar refractivity (Wildman–Crippen MR) is 51.4 cm³/mol. The van der Waals surface area contributed by atoms with Crippen LogP contribution in [0.5, 0.6) is 0 Å². The number of nitrogens with one attached hydrogen (secondary N) is 1. The zero-order valence-corrected chi connectivity index (χ0v) is 8.08. The van der Waals surface area contributed by atoms with E-state index in [0.29, 0.717) is 6.04 Å². The van der Waals surface area contributed by atoms with E-state index in [-0.39, 0.29) is 0 Å². The summed E-state index contributed by atoms with van der Waals surface area (Å²) in [4.78, 5) is 8.04. The molecule has 0 unspecified atom stereocenters. The molecule has 1 fully saturated rings. The lowest BCUT2D eigenvalue weighted by molar-refractivity contribution is 1.07. The molecular weight excluding hydrogens is 253 g/mol. The van der Waals surface area contributed by atoms with Gasteiger partial charge in [-0.1, -0.05) is 0 Å². The quantitative estimate of drug-likeness (QED) is 0.822. The van der Waals surface area contributed by atoms with Gasteiger partial charge in [0.15, 0.2) is 0 Å². The van der Waals surface area contributed by atoms with Gasteiger partial charge in [-0.2, -0.15) is 0 Å². The van der Waals surface area contributed by atoms with Crippen molar-refractivity contribution >= 4 is 28.4 Å². The van der Waals surface area contributed by atoms with E-state index in [0.717, 1.165) is 9.39 Å². The van der Waals surface area contributed by atoms with Crippen molar-refractivity contribution in [3.63, 3.8) is 0 Å². The minimum Gasteiger partial charge on any atom is -0.366 e. The van der Waals surface area contributed by atoms with Crippen molar-refractivity contribution in [3.05, 3.63) is 16.1 Å². The van der Waals surface area contributed by atoms with E-state index in [1.807, 2.05) is 6.20 Å². The van der Waals surface area contributed by atoms with E-state index in [1.165, 1.54) is 12.8 Å². The number of hydrogen-bond acceptors (Lipinski definition) is 3. The third-order valence-corrected chi connectivity index (χ3v) is 2.38. The first-order chi connectivity index (χ1) is 5.36. The Morgan fingerprint density at radius 1 is 1.55 bits per heavy atom. The van der Waals surface area contributed by atoms with Crippen molar-refractivity contribution in [2.24, 2.45) is 0 Å². The highest BCUT2D eigenvalue weighted by Crippen LogP contribution is 2.25. The van der Waals surface area contributed by atoms with Crippen LogP contribution in [0.2, 0.25) is 0 Å². The first-order valence-corrected chi connectivity index (χ1v) is 4.66. The average Bonchev–Trinajstić information content (AvgIpc) is 2.78. The second-order valence-corrected chi connectivity index (χ2v) is 3.80. The average molecular weight is 261 g/mol. The molecule has 1 aliphatic rings. The van der Waals surface area contributed by atoms with Crippen LogP contribution in [0.4, 0.5) is 5.82 Å². The molecule has 1 aromatic heterocycles. The van der Waals surface area contributed by atoms with Gasteiger partial charge in [0.25, 0.3) is 0 Å². The molecule has 0 amide bonds. The zero-order chi connectivity index (χ0) is 7.68. The molecule has 0 aliphatic heterocycles. The molecule has 0 aromatic carbocycles. The summed E-state index contributed by atoms with van der Waals surface area (Å²) >= 11 is 2.23. The highest BCUT2D eigenvalue weighted by Gasteiger charge is 2.21. The van der Waals surface area contributed by atoms with Gasteiger partial charge in [-0.05, 0) is 35.4 Å². The molecule has 1 N–H and O–H groups in total. The van der Waals surface area contributed by atoms with E-state index in [2.05, 4.69) is 37.9 Å². The van der Waals surface area contributed by atoms with Gasteiger partial charge in [0.1, 0.15) is 12.1 Å². The van der Waals surface area contributed by atoms with Crippen LogP contribution >= 0.6 is 22.6 Å². The molecule has 1 aliphatic carbocycles. The van der Waals surface area contributed by atoms with Gasteiger partial charge >= 0.3 is 0 Å². The molecule has 0 radical (unpaired) electrons. The predicted octanol–water partition coefficient (Wildman–Crippen LogP) is 1.66. The van der Waals surface area contributed by atoms with Crippen LogP contribution in [-0.4, -0.2) is 16.0 Å². The Kier molecular flexibility index (Phi) is 1.93. The monoisotopic (exact) mass is 261 g/mol. The van der Waals surface area contributed by atoms with Gasteiger partial charge in [0.05, 0.1) is 3.57 Å². The van der Waals surface area contributed by atoms with Gasteiger partial charge in [0.2, 0.25) is 0 Å². The molecule has 1 aromatic rings. The van der Waals surface area contributed by atoms with Gasteiger partial charge < -0.3 is 5.32 Å². The highest BCUT2D eigenvalue weighted by atomic mass is 127. The molecule has 58 valence electrons. The van der Waals surface area contributed by atoms with Gasteiger partial charge in [-0.15, -0.1) is 0 Å². The largest absolute Gasteiger partial charge is 0.366 e. The number of rotatable bonds is 2. The maximum atomic E-state index is 4.13. The highest BCUT2D eigenvalue weighted by molar-refractivity contribution is 14.1. The second kappa shape index (κ2) is 2.92. The number of hydrogen-bond donors (Lipinski definition) is 1. The molecule has 11 heavy (non-hydrogen) atoms. The fourth-order valence-corrected chi connectivity index (χ4v) is 1.30. The fourth-order valence-electron chi connectivity index (χ4n) is 0.840. The molecule has 1 heterocycles. The Hall–Kier alpha value is -0.390. The lowest BCUT2D eigenvalue weighted by atomic mass is 10.5. The Balaban J connectivity index is 2.15. The minimum absolute atomic E-state index is 0.665. The minimum atomic E-state index is 0.665. The summed E-state index contributed by atoms with van der Waals surface area (Å²) in [5.41, 5.74) is 0. The van der Waals surface area contributed by atoms with E-state index in [4.69, 9.17) is 0 Å². The van der Waals surface area contributed by atoms with E-state index in [9.17, 15) is 0 Å². The SMILES string of the molecule is Ic1cncnc1NC1CC1. The summed E-state index contributed by atoms with van der Waals surface area (Å²) < 4.78 is 1.09. The maximum absolute atomic E-state index is 4.13. The standard InChI is InChI=1S/C7H8IN3/c8-6-3-9-4-10-7(6)11-5-1-2-5/h3-5H,1-2H2,(H,9,10,11). The summed E-state index contributed by atoms with van der Waals surface area (Å²) in [5.74, 6) is 0.975. The van der Waals surface area contributed by atoms with Crippen molar-refractivity contribution in [3.8, 4) is 0 Å². The molecule has 0 bridgehead atoms. The molecule has 1 saturated carbocycles. The lowest BCUT2D eigenvalue weighted by Crippen LogP contribution is -2.04. The molecule has 4 heteroatoms. The van der Waals surface area contributed by atoms with Crippen molar-refractivity contribution in [1.82, 2.24) is 9.97 Å². The molecule has 3 nitrogen and oxygen atoms in total. The number of nitrogens with zero attached hydrogens (tertiary/aromatic N) is 2. The van der Waals surface area contributed by atoms with Gasteiger partial charge in [0, 0.05) is 12.2 Å². The summed E-state index contributed by atoms with van der Waals surface area (Å²) in [7, 11) is 0. The molecule has 0 saturated heterocycles. The molecule has 0 spiro atoms. The summed E-state index contributed by atoms with van der Waals surface area (Å²) in [6.45, 7) is 0. The van der Waals surface area contributed by atoms with Crippen molar-refractivity contribution in [2.75, 3.05) is 5.32 Å². The number of aromatic nitrogens is 2. The van der Waals surface area contributed by atoms with Crippen molar-refractivity contribution in [1.29, 1.82) is 0 Å². The van der Waals surface area contributed by atoms with Crippen LogP contribution in [0.3, 0.4) is 0 Å². The van der Waals surface area contributed by atoms with E-state index in [1.54, 1.807) is 6.33 Å². The lowest BCUT2D eigenvalue weighted by Gasteiger charge is -2.03. The summed E-state index contributed by atoms with van der Waals surface area (Å²) in [5, 5.41) is 3.33. The second-order valence-electron chi connectivity index (χ2n) is 2.64. The Morgan fingerprint density at radius 2 is 2.36 bits per heavy atom. The van der Waals surface area contributed by atoms with Crippen LogP contribution in [-0.2, 0) is 0 Å². The van der Waals surface area contributed by atoms with Crippen LogP contribution in [0.15, 0.2) is 12.5 Å². The Bertz CT molecular complexity index is 260. The van der Waals surface area contributed by atoms with Gasteiger partial charge in [-0.3, -0.25) is 0 Å². The normalized spacial score (nSPS) is 16.5. The third kappa shape index (κ3) is 1.79. The number of anilines is 1. The topological polar surface area (TPSA) is 37.8 Å². The molecule has 0 atom stereocenters. The van der Waals surface area contributed by atoms with Gasteiger partial charge in [-0.25, -0.2) is 9.97 Å². The fraction of sp³-hybridized carbons (Fsp3) is 0.429. The van der Waals surface area contributed by atoms with Crippen molar-refractivity contribution in [2.45, 2.75) is 18.9 Å². The van der Waals surface area contributed by atoms with E-state index < -0.39 is 0 Å². The Labute approximate surface area is 78.8 Å². The number of halogens is 1. The summed E-state index contributed by atoms with van der Waals surface area (Å²) in [6, 6.07) is 0.665. The first kappa shape index (κ1) is 7.27. The molecule has 2 rings (SSSR count). The Morgan fingerprint density at radius 3 is 3.00 bits per heavy atom. The third-order valence-electron chi connectivity index (χ3n) is 1.59. The van der Waals surface area contributed by atoms with Crippen LogP contribution in [0.25, 0.3) is 0 Å². The zero-order valence-electron chi connectivity index (χ0n) is 5.92. The summed E-state index contributed by atoms with van der Waals surface area (Å²) in [6.07, 6.45) is 5.95. The molecular formula is C7H8IN3. The van der Waals surface area contributed by atoms with Crippen LogP contribution < -0.4 is 5.32 Å². The maximum Gasteiger partial charge on any atom is 0.143 e. The van der Waals surface area contributed by atoms with E-state index >= 15 is 0 Å². The smallest absolute Gasteiger partial charge is 0.143 e. The van der Waals surface area contributed by atoms with Crippen LogP contribution in [0.1, 0.15) is 12.8 Å².